The molecule has 9 aromatic rings. The van der Waals surface area contributed by atoms with Crippen LogP contribution in [0.1, 0.15) is 25.0 Å². The van der Waals surface area contributed by atoms with Crippen LogP contribution in [0.15, 0.2) is 158 Å². The zero-order chi connectivity index (χ0) is 31.3. The van der Waals surface area contributed by atoms with Gasteiger partial charge in [0.1, 0.15) is 0 Å². The first kappa shape index (κ1) is 26.5. The van der Waals surface area contributed by atoms with E-state index in [1.165, 1.54) is 98.4 Å². The molecule has 0 spiro atoms. The highest BCUT2D eigenvalue weighted by Gasteiger charge is 2.38. The molecule has 0 atom stereocenters. The predicted molar refractivity (Wildman–Crippen MR) is 202 cm³/mol. The van der Waals surface area contributed by atoms with Crippen LogP contribution in [0, 0.1) is 0 Å². The summed E-state index contributed by atoms with van der Waals surface area (Å²) in [5.74, 6) is 0. The SMILES string of the molecule is CC1(C)c2cc3ccccc3cc2-c2cccc(-c3c4ccccc4c(-c4ccc5c(ccc6ccccc65)c4)c4ccccc34)c21. The quantitative estimate of drug-likeness (QED) is 0.138. The zero-order valence-electron chi connectivity index (χ0n) is 26.5. The van der Waals surface area contributed by atoms with Gasteiger partial charge in [0.25, 0.3) is 0 Å². The summed E-state index contributed by atoms with van der Waals surface area (Å²) >= 11 is 0. The van der Waals surface area contributed by atoms with Gasteiger partial charge in [-0.25, -0.2) is 0 Å². The van der Waals surface area contributed by atoms with Crippen LogP contribution in [-0.4, -0.2) is 0 Å². The standard InChI is InChI=1S/C47H32/c1-47(2)43-28-31-14-4-3-13-30(31)27-42(43)40-20-11-21-41(46(40)47)45-38-18-9-7-16-36(38)44(37-17-8-10-19-39(37)45)33-24-25-35-32(26-33)23-22-29-12-5-6-15-34(29)35/h3-28H,1-2H3. The number of rotatable bonds is 2. The fourth-order valence-electron chi connectivity index (χ4n) is 8.67. The minimum absolute atomic E-state index is 0.146. The monoisotopic (exact) mass is 596 g/mol. The summed E-state index contributed by atoms with van der Waals surface area (Å²) in [5, 5.41) is 12.9. The molecule has 0 nitrogen and oxygen atoms in total. The first-order valence-corrected chi connectivity index (χ1v) is 16.6. The highest BCUT2D eigenvalue weighted by Crippen LogP contribution is 2.55. The van der Waals surface area contributed by atoms with Gasteiger partial charge in [-0.05, 0) is 117 Å². The van der Waals surface area contributed by atoms with Crippen molar-refractivity contribution in [2.45, 2.75) is 19.3 Å². The van der Waals surface area contributed by atoms with Gasteiger partial charge < -0.3 is 0 Å². The lowest BCUT2D eigenvalue weighted by molar-refractivity contribution is 0.663. The second-order valence-electron chi connectivity index (χ2n) is 13.7. The van der Waals surface area contributed by atoms with Gasteiger partial charge >= 0.3 is 0 Å². The van der Waals surface area contributed by atoms with Crippen LogP contribution >= 0.6 is 0 Å². The minimum atomic E-state index is -0.146. The van der Waals surface area contributed by atoms with Gasteiger partial charge in [-0.2, -0.15) is 0 Å². The van der Waals surface area contributed by atoms with Gasteiger partial charge in [-0.15, -0.1) is 0 Å². The molecule has 0 amide bonds. The summed E-state index contributed by atoms with van der Waals surface area (Å²) in [6.45, 7) is 4.82. The van der Waals surface area contributed by atoms with Crippen LogP contribution in [-0.2, 0) is 5.41 Å². The maximum absolute atomic E-state index is 2.43. The summed E-state index contributed by atoms with van der Waals surface area (Å²) in [6.07, 6.45) is 0. The molecule has 9 aromatic carbocycles. The molecule has 0 saturated carbocycles. The first-order valence-electron chi connectivity index (χ1n) is 16.6. The van der Waals surface area contributed by atoms with E-state index >= 15 is 0 Å². The molecule has 220 valence electrons. The van der Waals surface area contributed by atoms with Crippen molar-refractivity contribution in [1.29, 1.82) is 0 Å². The van der Waals surface area contributed by atoms with E-state index in [1.54, 1.807) is 0 Å². The summed E-state index contributed by atoms with van der Waals surface area (Å²) < 4.78 is 0. The molecule has 1 aliphatic carbocycles. The third kappa shape index (κ3) is 3.70. The largest absolute Gasteiger partial charge is 0.0616 e. The van der Waals surface area contributed by atoms with Gasteiger partial charge in [-0.3, -0.25) is 0 Å². The highest BCUT2D eigenvalue weighted by atomic mass is 14.4. The van der Waals surface area contributed by atoms with Crippen molar-refractivity contribution < 1.29 is 0 Å². The molecule has 47 heavy (non-hydrogen) atoms. The van der Waals surface area contributed by atoms with E-state index in [-0.39, 0.29) is 5.41 Å². The molecule has 0 aromatic heterocycles. The van der Waals surface area contributed by atoms with Crippen molar-refractivity contribution >= 4 is 53.9 Å². The Bertz CT molecular complexity index is 2700. The van der Waals surface area contributed by atoms with E-state index in [4.69, 9.17) is 0 Å². The van der Waals surface area contributed by atoms with E-state index in [2.05, 4.69) is 172 Å². The van der Waals surface area contributed by atoms with E-state index in [1.807, 2.05) is 0 Å². The van der Waals surface area contributed by atoms with Gasteiger partial charge in [0.05, 0.1) is 0 Å². The maximum Gasteiger partial charge on any atom is 0.0165 e. The Balaban J connectivity index is 1.27. The Hall–Kier alpha value is -5.72. The normalized spacial score (nSPS) is 13.5. The van der Waals surface area contributed by atoms with Crippen molar-refractivity contribution in [2.75, 3.05) is 0 Å². The third-order valence-electron chi connectivity index (χ3n) is 10.8. The van der Waals surface area contributed by atoms with Gasteiger partial charge in [0, 0.05) is 5.41 Å². The number of hydrogen-bond acceptors (Lipinski definition) is 0. The second-order valence-corrected chi connectivity index (χ2v) is 13.7. The number of benzene rings is 9. The zero-order valence-corrected chi connectivity index (χ0v) is 26.5. The Morgan fingerprint density at radius 3 is 1.57 bits per heavy atom. The number of hydrogen-bond donors (Lipinski definition) is 0. The lowest BCUT2D eigenvalue weighted by Gasteiger charge is -2.26. The molecule has 0 saturated heterocycles. The topological polar surface area (TPSA) is 0 Å². The summed E-state index contributed by atoms with van der Waals surface area (Å²) in [4.78, 5) is 0. The fraction of sp³-hybridized carbons (Fsp3) is 0.0638. The van der Waals surface area contributed by atoms with Crippen LogP contribution in [0.4, 0.5) is 0 Å². The summed E-state index contributed by atoms with van der Waals surface area (Å²) in [5.41, 5.74) is 10.6. The van der Waals surface area contributed by atoms with Crippen molar-refractivity contribution in [3.8, 4) is 33.4 Å². The van der Waals surface area contributed by atoms with Crippen molar-refractivity contribution in [3.05, 3.63) is 169 Å². The van der Waals surface area contributed by atoms with Crippen LogP contribution in [0.2, 0.25) is 0 Å². The van der Waals surface area contributed by atoms with Crippen molar-refractivity contribution in [1.82, 2.24) is 0 Å². The van der Waals surface area contributed by atoms with E-state index in [0.29, 0.717) is 0 Å². The Morgan fingerprint density at radius 1 is 0.340 bits per heavy atom. The van der Waals surface area contributed by atoms with Gasteiger partial charge in [0.15, 0.2) is 0 Å². The lowest BCUT2D eigenvalue weighted by atomic mass is 9.76. The molecule has 0 bridgehead atoms. The second kappa shape index (κ2) is 9.64. The maximum atomic E-state index is 2.43. The molecule has 0 unspecified atom stereocenters. The molecule has 0 N–H and O–H groups in total. The minimum Gasteiger partial charge on any atom is -0.0616 e. The van der Waals surface area contributed by atoms with Crippen LogP contribution in [0.3, 0.4) is 0 Å². The molecule has 0 fully saturated rings. The van der Waals surface area contributed by atoms with Crippen LogP contribution in [0.25, 0.3) is 87.2 Å². The average Bonchev–Trinajstić information content (AvgIpc) is 3.34. The van der Waals surface area contributed by atoms with Gasteiger partial charge in [0.2, 0.25) is 0 Å². The molecule has 0 heteroatoms. The van der Waals surface area contributed by atoms with Gasteiger partial charge in [-0.1, -0.05) is 153 Å². The Morgan fingerprint density at radius 2 is 0.872 bits per heavy atom. The molecule has 0 radical (unpaired) electrons. The fourth-order valence-corrected chi connectivity index (χ4v) is 8.67. The Labute approximate surface area is 274 Å². The van der Waals surface area contributed by atoms with E-state index in [9.17, 15) is 0 Å². The van der Waals surface area contributed by atoms with Crippen LogP contribution < -0.4 is 0 Å². The summed E-state index contributed by atoms with van der Waals surface area (Å²) in [6, 6.07) is 58.9. The first-order chi connectivity index (χ1) is 23.1. The number of fused-ring (bicyclic) bond motifs is 9. The van der Waals surface area contributed by atoms with Crippen LogP contribution in [0.5, 0.6) is 0 Å². The lowest BCUT2D eigenvalue weighted by Crippen LogP contribution is -2.16. The molecule has 0 heterocycles. The highest BCUT2D eigenvalue weighted by molar-refractivity contribution is 6.23. The van der Waals surface area contributed by atoms with Crippen molar-refractivity contribution in [2.24, 2.45) is 0 Å². The molecular formula is C47H32. The molecular weight excluding hydrogens is 565 g/mol. The average molecular weight is 597 g/mol. The molecule has 0 aliphatic heterocycles. The van der Waals surface area contributed by atoms with E-state index in [0.717, 1.165) is 0 Å². The van der Waals surface area contributed by atoms with Crippen molar-refractivity contribution in [3.63, 3.8) is 0 Å². The predicted octanol–water partition coefficient (Wildman–Crippen LogP) is 13.1. The third-order valence-corrected chi connectivity index (χ3v) is 10.8. The smallest absolute Gasteiger partial charge is 0.0165 e. The Kier molecular flexibility index (Phi) is 5.44. The molecule has 10 rings (SSSR count). The summed E-state index contributed by atoms with van der Waals surface area (Å²) in [7, 11) is 0. The van der Waals surface area contributed by atoms with E-state index < -0.39 is 0 Å². The molecule has 1 aliphatic rings.